The Morgan fingerprint density at radius 3 is 2.66 bits per heavy atom. The van der Waals surface area contributed by atoms with Gasteiger partial charge in [0.25, 0.3) is 0 Å². The van der Waals surface area contributed by atoms with Crippen LogP contribution in [0.2, 0.25) is 5.02 Å². The second-order valence-electron chi connectivity index (χ2n) is 8.15. The van der Waals surface area contributed by atoms with Gasteiger partial charge in [-0.05, 0) is 31.5 Å². The monoisotopic (exact) mass is 442 g/mol. The van der Waals surface area contributed by atoms with E-state index >= 15 is 0 Å². The van der Waals surface area contributed by atoms with Crippen LogP contribution >= 0.6 is 11.6 Å². The van der Waals surface area contributed by atoms with Crippen LogP contribution < -0.4 is 5.32 Å². The Morgan fingerprint density at radius 1 is 1.31 bits per heavy atom. The van der Waals surface area contributed by atoms with E-state index in [-0.39, 0.29) is 11.8 Å². The van der Waals surface area contributed by atoms with Crippen molar-refractivity contribution in [2.45, 2.75) is 24.6 Å². The number of rotatable bonds is 4. The van der Waals surface area contributed by atoms with E-state index in [2.05, 4.69) is 21.3 Å². The molecule has 162 valence electrons. The first-order valence-electron chi connectivity index (χ1n) is 9.99. The van der Waals surface area contributed by atoms with Crippen molar-refractivity contribution in [3.8, 4) is 0 Å². The molecular weight excluding hydrogens is 412 g/mol. The van der Waals surface area contributed by atoms with Crippen LogP contribution in [0.5, 0.6) is 0 Å². The summed E-state index contributed by atoms with van der Waals surface area (Å²) in [6, 6.07) is 8.06. The summed E-state index contributed by atoms with van der Waals surface area (Å²) in [6.45, 7) is 8.22. The molecule has 1 N–H and O–H groups in total. The summed E-state index contributed by atoms with van der Waals surface area (Å²) in [7, 11) is -1.36. The number of aliphatic imine (C=N–C) groups is 1. The summed E-state index contributed by atoms with van der Waals surface area (Å²) < 4.78 is 29.4. The number of guanidine groups is 1. The Balaban J connectivity index is 1.74. The summed E-state index contributed by atoms with van der Waals surface area (Å²) in [5.41, 5.74) is 1.14. The first-order valence-corrected chi connectivity index (χ1v) is 12.0. The highest BCUT2D eigenvalue weighted by Crippen LogP contribution is 2.26. The van der Waals surface area contributed by atoms with Gasteiger partial charge in [-0.15, -0.1) is 0 Å². The third-order valence-corrected chi connectivity index (χ3v) is 8.50. The largest absolute Gasteiger partial charge is 0.379 e. The highest BCUT2D eigenvalue weighted by molar-refractivity contribution is 7.92. The summed E-state index contributed by atoms with van der Waals surface area (Å²) in [5.74, 6) is 0.871. The number of halogens is 1. The lowest BCUT2D eigenvalue weighted by Gasteiger charge is -2.40. The van der Waals surface area contributed by atoms with Gasteiger partial charge in [-0.1, -0.05) is 23.7 Å². The van der Waals surface area contributed by atoms with Gasteiger partial charge >= 0.3 is 0 Å². The number of morpholine rings is 1. The maximum atomic E-state index is 12.3. The van der Waals surface area contributed by atoms with Crippen molar-refractivity contribution in [2.24, 2.45) is 4.99 Å². The lowest BCUT2D eigenvalue weighted by molar-refractivity contribution is 0.0169. The molecule has 0 spiro atoms. The van der Waals surface area contributed by atoms with Gasteiger partial charge in [-0.2, -0.15) is 0 Å². The van der Waals surface area contributed by atoms with Crippen LogP contribution in [-0.4, -0.2) is 87.7 Å². The number of benzene rings is 1. The number of sulfone groups is 1. The number of hydrogen-bond acceptors (Lipinski definition) is 5. The Labute approximate surface area is 179 Å². The quantitative estimate of drug-likeness (QED) is 0.566. The Hall–Kier alpha value is -1.35. The van der Waals surface area contributed by atoms with Crippen molar-refractivity contribution in [1.29, 1.82) is 0 Å². The second-order valence-corrected chi connectivity index (χ2v) is 11.3. The fraction of sp³-hybridized carbons (Fsp3) is 0.650. The normalized spacial score (nSPS) is 23.6. The molecule has 2 fully saturated rings. The molecule has 0 aliphatic carbocycles. The number of ether oxygens (including phenoxy) is 1. The Morgan fingerprint density at radius 2 is 2.03 bits per heavy atom. The molecule has 0 bridgehead atoms. The van der Waals surface area contributed by atoms with Crippen molar-refractivity contribution < 1.29 is 13.2 Å². The maximum absolute atomic E-state index is 12.3. The first-order chi connectivity index (χ1) is 13.7. The van der Waals surface area contributed by atoms with Gasteiger partial charge in [0, 0.05) is 44.8 Å². The third kappa shape index (κ3) is 5.23. The third-order valence-electron chi connectivity index (χ3n) is 5.73. The molecule has 29 heavy (non-hydrogen) atoms. The summed E-state index contributed by atoms with van der Waals surface area (Å²) in [4.78, 5) is 8.85. The zero-order valence-corrected chi connectivity index (χ0v) is 19.0. The molecule has 3 rings (SSSR count). The highest BCUT2D eigenvalue weighted by atomic mass is 35.5. The van der Waals surface area contributed by atoms with Gasteiger partial charge in [-0.25, -0.2) is 8.42 Å². The van der Waals surface area contributed by atoms with Crippen LogP contribution in [0.4, 0.5) is 0 Å². The molecule has 2 heterocycles. The molecule has 2 saturated heterocycles. The van der Waals surface area contributed by atoms with E-state index in [1.54, 1.807) is 20.9 Å². The Kier molecular flexibility index (Phi) is 7.09. The van der Waals surface area contributed by atoms with Crippen molar-refractivity contribution in [2.75, 3.05) is 58.7 Å². The summed E-state index contributed by atoms with van der Waals surface area (Å²) >= 11 is 6.25. The van der Waals surface area contributed by atoms with E-state index in [0.29, 0.717) is 37.9 Å². The van der Waals surface area contributed by atoms with Crippen LogP contribution in [0.15, 0.2) is 29.3 Å². The van der Waals surface area contributed by atoms with Crippen molar-refractivity contribution in [3.63, 3.8) is 0 Å². The minimum atomic E-state index is -3.09. The molecule has 1 aromatic carbocycles. The predicted octanol–water partition coefficient (Wildman–Crippen LogP) is 1.80. The number of nitrogens with zero attached hydrogens (tertiary/aromatic N) is 3. The topological polar surface area (TPSA) is 74.2 Å². The van der Waals surface area contributed by atoms with Gasteiger partial charge in [0.1, 0.15) is 0 Å². The fourth-order valence-electron chi connectivity index (χ4n) is 3.91. The lowest BCUT2D eigenvalue weighted by Crippen LogP contribution is -2.58. The summed E-state index contributed by atoms with van der Waals surface area (Å²) in [5, 5.41) is 4.19. The SMILES string of the molecule is CN=C(NCC(c1cccc(Cl)c1)N1CCOCC1)N1CCS(=O)(=O)C(C)(C)C1. The molecule has 2 aliphatic rings. The number of nitrogens with one attached hydrogen (secondary N) is 1. The van der Waals surface area contributed by atoms with E-state index in [4.69, 9.17) is 16.3 Å². The average molecular weight is 443 g/mol. The molecule has 1 atom stereocenters. The second kappa shape index (κ2) is 9.20. The minimum absolute atomic E-state index is 0.121. The number of hydrogen-bond donors (Lipinski definition) is 1. The molecule has 9 heteroatoms. The molecular formula is C20H31ClN4O3S. The van der Waals surface area contributed by atoms with Crippen LogP contribution in [0.3, 0.4) is 0 Å². The van der Waals surface area contributed by atoms with E-state index in [0.717, 1.165) is 24.6 Å². The van der Waals surface area contributed by atoms with E-state index < -0.39 is 14.6 Å². The smallest absolute Gasteiger partial charge is 0.193 e. The van der Waals surface area contributed by atoms with Gasteiger partial charge < -0.3 is 15.0 Å². The Bertz CT molecular complexity index is 838. The maximum Gasteiger partial charge on any atom is 0.193 e. The molecule has 1 aromatic rings. The molecule has 2 aliphatic heterocycles. The van der Waals surface area contributed by atoms with Gasteiger partial charge in [0.05, 0.1) is 29.8 Å². The molecule has 0 aromatic heterocycles. The molecule has 0 radical (unpaired) electrons. The van der Waals surface area contributed by atoms with E-state index in [1.165, 1.54) is 0 Å². The highest BCUT2D eigenvalue weighted by Gasteiger charge is 2.41. The molecule has 0 saturated carbocycles. The minimum Gasteiger partial charge on any atom is -0.379 e. The zero-order valence-electron chi connectivity index (χ0n) is 17.4. The van der Waals surface area contributed by atoms with Crippen molar-refractivity contribution >= 4 is 27.4 Å². The zero-order chi connectivity index (χ0) is 21.1. The van der Waals surface area contributed by atoms with Crippen LogP contribution in [0.1, 0.15) is 25.5 Å². The van der Waals surface area contributed by atoms with Crippen molar-refractivity contribution in [1.82, 2.24) is 15.1 Å². The lowest BCUT2D eigenvalue weighted by atomic mass is 10.0. The van der Waals surface area contributed by atoms with Gasteiger partial charge in [0.15, 0.2) is 15.8 Å². The van der Waals surface area contributed by atoms with Crippen LogP contribution in [-0.2, 0) is 14.6 Å². The standard InChI is InChI=1S/C20H31ClN4O3S/c1-20(2)15-25(9-12-29(20,26)27)19(22-3)23-14-18(24-7-10-28-11-8-24)16-5-4-6-17(21)13-16/h4-6,13,18H,7-12,14-15H2,1-3H3,(H,22,23). The van der Waals surface area contributed by atoms with Gasteiger partial charge in [-0.3, -0.25) is 9.89 Å². The van der Waals surface area contributed by atoms with Crippen molar-refractivity contribution in [3.05, 3.63) is 34.9 Å². The average Bonchev–Trinajstić information content (AvgIpc) is 2.68. The molecule has 1 unspecified atom stereocenters. The molecule has 0 amide bonds. The molecule has 7 nitrogen and oxygen atoms in total. The van der Waals surface area contributed by atoms with E-state index in [1.807, 2.05) is 23.1 Å². The first kappa shape index (κ1) is 22.3. The van der Waals surface area contributed by atoms with Crippen LogP contribution in [0.25, 0.3) is 0 Å². The summed E-state index contributed by atoms with van der Waals surface area (Å²) in [6.07, 6.45) is 0. The fourth-order valence-corrected chi connectivity index (χ4v) is 5.47. The van der Waals surface area contributed by atoms with Crippen LogP contribution in [0, 0.1) is 0 Å². The predicted molar refractivity (Wildman–Crippen MR) is 117 cm³/mol. The van der Waals surface area contributed by atoms with Gasteiger partial charge in [0.2, 0.25) is 0 Å². The van der Waals surface area contributed by atoms with E-state index in [9.17, 15) is 8.42 Å².